The minimum atomic E-state index is -0.963. The van der Waals surface area contributed by atoms with E-state index in [1.807, 2.05) is 0 Å². The second-order valence-corrected chi connectivity index (χ2v) is 5.73. The standard InChI is InChI=1S/C14H19N5O3/c1-9-16-12(18-22-9)6-10-2-4-19(5-3-10)8-11-7-15-17-13(11)14(20)21/h7,10H,2-6,8H2,1H3,(H,15,17)(H,20,21). The molecule has 0 aromatic carbocycles. The maximum atomic E-state index is 11.1. The molecule has 0 radical (unpaired) electrons. The van der Waals surface area contributed by atoms with Gasteiger partial charge in [-0.1, -0.05) is 5.16 Å². The van der Waals surface area contributed by atoms with Crippen LogP contribution in [0.25, 0.3) is 0 Å². The molecule has 0 aliphatic carbocycles. The second-order valence-electron chi connectivity index (χ2n) is 5.73. The van der Waals surface area contributed by atoms with Gasteiger partial charge in [0.1, 0.15) is 5.69 Å². The van der Waals surface area contributed by atoms with Gasteiger partial charge in [-0.3, -0.25) is 10.00 Å². The normalized spacial score (nSPS) is 17.0. The summed E-state index contributed by atoms with van der Waals surface area (Å²) in [7, 11) is 0. The Bertz CT molecular complexity index is 642. The van der Waals surface area contributed by atoms with E-state index in [1.54, 1.807) is 13.1 Å². The molecule has 1 aliphatic heterocycles. The Morgan fingerprint density at radius 1 is 1.50 bits per heavy atom. The van der Waals surface area contributed by atoms with Gasteiger partial charge in [0, 0.05) is 25.5 Å². The summed E-state index contributed by atoms with van der Waals surface area (Å²) in [5.41, 5.74) is 0.920. The summed E-state index contributed by atoms with van der Waals surface area (Å²) in [6, 6.07) is 0. The van der Waals surface area contributed by atoms with Crippen LogP contribution in [0.2, 0.25) is 0 Å². The number of aromatic carboxylic acids is 1. The van der Waals surface area contributed by atoms with Crippen molar-refractivity contribution in [3.05, 3.63) is 29.2 Å². The third-order valence-electron chi connectivity index (χ3n) is 4.07. The summed E-state index contributed by atoms with van der Waals surface area (Å²) < 4.78 is 5.00. The lowest BCUT2D eigenvalue weighted by Gasteiger charge is -2.31. The summed E-state index contributed by atoms with van der Waals surface area (Å²) in [5.74, 6) is 0.971. The largest absolute Gasteiger partial charge is 0.477 e. The predicted octanol–water partition coefficient (Wildman–Crippen LogP) is 1.25. The monoisotopic (exact) mass is 305 g/mol. The van der Waals surface area contributed by atoms with Crippen molar-refractivity contribution < 1.29 is 14.4 Å². The van der Waals surface area contributed by atoms with Gasteiger partial charge in [-0.2, -0.15) is 10.1 Å². The molecular formula is C14H19N5O3. The first-order chi connectivity index (χ1) is 10.6. The fourth-order valence-electron chi connectivity index (χ4n) is 2.89. The Kier molecular flexibility index (Phi) is 4.19. The Morgan fingerprint density at radius 2 is 2.27 bits per heavy atom. The van der Waals surface area contributed by atoms with E-state index in [4.69, 9.17) is 9.63 Å². The maximum absolute atomic E-state index is 11.1. The highest BCUT2D eigenvalue weighted by Gasteiger charge is 2.23. The number of nitrogens with zero attached hydrogens (tertiary/aromatic N) is 4. The van der Waals surface area contributed by atoms with Crippen molar-refractivity contribution >= 4 is 5.97 Å². The van der Waals surface area contributed by atoms with E-state index in [0.29, 0.717) is 18.4 Å². The molecule has 118 valence electrons. The zero-order valence-electron chi connectivity index (χ0n) is 12.4. The highest BCUT2D eigenvalue weighted by molar-refractivity contribution is 5.86. The van der Waals surface area contributed by atoms with E-state index in [9.17, 15) is 4.79 Å². The average Bonchev–Trinajstić information content (AvgIpc) is 3.10. The number of aromatic amines is 1. The van der Waals surface area contributed by atoms with E-state index in [-0.39, 0.29) is 5.69 Å². The molecule has 2 aromatic heterocycles. The summed E-state index contributed by atoms with van der Waals surface area (Å²) >= 11 is 0. The van der Waals surface area contributed by atoms with Crippen molar-refractivity contribution in [3.63, 3.8) is 0 Å². The number of nitrogens with one attached hydrogen (secondary N) is 1. The molecule has 0 amide bonds. The molecule has 2 N–H and O–H groups in total. The lowest BCUT2D eigenvalue weighted by molar-refractivity contribution is 0.0687. The number of piperidine rings is 1. The molecule has 1 saturated heterocycles. The molecule has 3 rings (SSSR count). The lowest BCUT2D eigenvalue weighted by Crippen LogP contribution is -2.34. The quantitative estimate of drug-likeness (QED) is 0.855. The Balaban J connectivity index is 1.51. The molecule has 1 fully saturated rings. The van der Waals surface area contributed by atoms with E-state index in [2.05, 4.69) is 25.2 Å². The van der Waals surface area contributed by atoms with Crippen molar-refractivity contribution in [2.75, 3.05) is 13.1 Å². The highest BCUT2D eigenvalue weighted by Crippen LogP contribution is 2.22. The van der Waals surface area contributed by atoms with Gasteiger partial charge < -0.3 is 9.63 Å². The van der Waals surface area contributed by atoms with Crippen LogP contribution in [0.15, 0.2) is 10.7 Å². The number of H-pyrrole nitrogens is 1. The first-order valence-corrected chi connectivity index (χ1v) is 7.39. The van der Waals surface area contributed by atoms with Crippen molar-refractivity contribution in [2.24, 2.45) is 5.92 Å². The van der Waals surface area contributed by atoms with Crippen LogP contribution < -0.4 is 0 Å². The van der Waals surface area contributed by atoms with Crippen molar-refractivity contribution in [3.8, 4) is 0 Å². The Labute approximate surface area is 127 Å². The molecule has 8 heteroatoms. The SMILES string of the molecule is Cc1nc(CC2CCN(Cc3cn[nH]c3C(=O)O)CC2)no1. The zero-order chi connectivity index (χ0) is 15.5. The van der Waals surface area contributed by atoms with Gasteiger partial charge in [0.15, 0.2) is 5.82 Å². The van der Waals surface area contributed by atoms with Gasteiger partial charge >= 0.3 is 5.97 Å². The van der Waals surface area contributed by atoms with Gasteiger partial charge in [-0.05, 0) is 31.8 Å². The molecule has 8 nitrogen and oxygen atoms in total. The Morgan fingerprint density at radius 3 is 2.91 bits per heavy atom. The van der Waals surface area contributed by atoms with Gasteiger partial charge in [-0.25, -0.2) is 4.79 Å². The number of aryl methyl sites for hydroxylation is 1. The van der Waals surface area contributed by atoms with Crippen LogP contribution in [0.3, 0.4) is 0 Å². The molecule has 1 aliphatic rings. The van der Waals surface area contributed by atoms with Crippen molar-refractivity contribution in [2.45, 2.75) is 32.7 Å². The van der Waals surface area contributed by atoms with Crippen LogP contribution in [0.1, 0.15) is 40.6 Å². The summed E-state index contributed by atoms with van der Waals surface area (Å²) in [6.07, 6.45) is 4.54. The highest BCUT2D eigenvalue weighted by atomic mass is 16.5. The summed E-state index contributed by atoms with van der Waals surface area (Å²) in [6.45, 7) is 4.29. The lowest BCUT2D eigenvalue weighted by atomic mass is 9.93. The molecule has 0 unspecified atom stereocenters. The van der Waals surface area contributed by atoms with E-state index in [1.165, 1.54) is 0 Å². The molecule has 0 atom stereocenters. The van der Waals surface area contributed by atoms with Crippen LogP contribution >= 0.6 is 0 Å². The third-order valence-corrected chi connectivity index (χ3v) is 4.07. The first-order valence-electron chi connectivity index (χ1n) is 7.39. The molecule has 0 spiro atoms. The number of aromatic nitrogens is 4. The smallest absolute Gasteiger partial charge is 0.354 e. The summed E-state index contributed by atoms with van der Waals surface area (Å²) in [4.78, 5) is 17.6. The fraction of sp³-hybridized carbons (Fsp3) is 0.571. The second kappa shape index (κ2) is 6.27. The molecule has 0 bridgehead atoms. The van der Waals surface area contributed by atoms with Gasteiger partial charge in [0.2, 0.25) is 5.89 Å². The van der Waals surface area contributed by atoms with Crippen LogP contribution in [-0.4, -0.2) is 49.4 Å². The van der Waals surface area contributed by atoms with Gasteiger partial charge in [0.25, 0.3) is 0 Å². The predicted molar refractivity (Wildman–Crippen MR) is 76.3 cm³/mol. The topological polar surface area (TPSA) is 108 Å². The number of carboxylic acid groups (broad SMARTS) is 1. The molecule has 3 heterocycles. The number of likely N-dealkylation sites (tertiary alicyclic amines) is 1. The van der Waals surface area contributed by atoms with E-state index in [0.717, 1.165) is 43.7 Å². The van der Waals surface area contributed by atoms with Gasteiger partial charge in [0.05, 0.1) is 6.20 Å². The number of carbonyl (C=O) groups is 1. The van der Waals surface area contributed by atoms with Crippen molar-refractivity contribution in [1.82, 2.24) is 25.2 Å². The number of rotatable bonds is 5. The third kappa shape index (κ3) is 3.33. The Hall–Kier alpha value is -2.22. The molecule has 2 aromatic rings. The van der Waals surface area contributed by atoms with Crippen molar-refractivity contribution in [1.29, 1.82) is 0 Å². The number of hydrogen-bond acceptors (Lipinski definition) is 6. The van der Waals surface area contributed by atoms with Crippen LogP contribution in [-0.2, 0) is 13.0 Å². The van der Waals surface area contributed by atoms with Crippen LogP contribution in [0.4, 0.5) is 0 Å². The fourth-order valence-corrected chi connectivity index (χ4v) is 2.89. The molecular weight excluding hydrogens is 286 g/mol. The van der Waals surface area contributed by atoms with E-state index < -0.39 is 5.97 Å². The number of carboxylic acids is 1. The minimum Gasteiger partial charge on any atom is -0.477 e. The minimum absolute atomic E-state index is 0.185. The van der Waals surface area contributed by atoms with E-state index >= 15 is 0 Å². The zero-order valence-corrected chi connectivity index (χ0v) is 12.4. The molecule has 0 saturated carbocycles. The average molecular weight is 305 g/mol. The van der Waals surface area contributed by atoms with Crippen LogP contribution in [0, 0.1) is 12.8 Å². The molecule has 22 heavy (non-hydrogen) atoms. The summed E-state index contributed by atoms with van der Waals surface area (Å²) in [5, 5.41) is 19.4. The van der Waals surface area contributed by atoms with Gasteiger partial charge in [-0.15, -0.1) is 0 Å². The number of hydrogen-bond donors (Lipinski definition) is 2. The van der Waals surface area contributed by atoms with Crippen LogP contribution in [0.5, 0.6) is 0 Å². The first kappa shape index (κ1) is 14.7. The maximum Gasteiger partial charge on any atom is 0.354 e.